The van der Waals surface area contributed by atoms with Crippen molar-refractivity contribution in [3.63, 3.8) is 0 Å². The molecule has 0 atom stereocenters. The fraction of sp³-hybridized carbons (Fsp3) is 0.867. The average molecular weight is 242 g/mol. The molecule has 0 heterocycles. The van der Waals surface area contributed by atoms with Crippen LogP contribution in [0.1, 0.15) is 84.0 Å². The summed E-state index contributed by atoms with van der Waals surface area (Å²) in [5.41, 5.74) is 0. The molecule has 1 heteroatoms. The van der Waals surface area contributed by atoms with Crippen LogP contribution in [0.2, 0.25) is 0 Å². The summed E-state index contributed by atoms with van der Waals surface area (Å²) < 4.78 is 0. The maximum atomic E-state index is 3.74. The molecule has 16 heavy (non-hydrogen) atoms. The Bertz CT molecular complexity index is 121. The van der Waals surface area contributed by atoms with Crippen LogP contribution in [0.15, 0.2) is 12.7 Å². The molecule has 2 radical (unpaired) electrons. The van der Waals surface area contributed by atoms with Gasteiger partial charge >= 0.3 is 0 Å². The van der Waals surface area contributed by atoms with Crippen LogP contribution in [0.25, 0.3) is 0 Å². The van der Waals surface area contributed by atoms with Crippen LogP contribution in [0.4, 0.5) is 0 Å². The van der Waals surface area contributed by atoms with E-state index in [1.807, 2.05) is 6.08 Å². The molecule has 0 saturated heterocycles. The summed E-state index contributed by atoms with van der Waals surface area (Å²) in [5, 5.41) is 0. The number of hydrogen-bond acceptors (Lipinski definition) is 0. The zero-order valence-corrected chi connectivity index (χ0v) is 12.0. The van der Waals surface area contributed by atoms with Gasteiger partial charge in [0.05, 0.1) is 0 Å². The number of allylic oxidation sites excluding steroid dienone is 1. The Morgan fingerprint density at radius 1 is 0.688 bits per heavy atom. The Balaban J connectivity index is 0. The highest BCUT2D eigenvalue weighted by Gasteiger charge is 1.91. The highest BCUT2D eigenvalue weighted by Crippen LogP contribution is 2.11. The number of rotatable bonds is 12. The molecule has 0 N–H and O–H groups in total. The first-order valence-electron chi connectivity index (χ1n) is 7.02. The van der Waals surface area contributed by atoms with Gasteiger partial charge in [0.2, 0.25) is 0 Å². The third-order valence-electron chi connectivity index (χ3n) is 3.01. The minimum atomic E-state index is 0. The molecule has 0 rings (SSSR count). The summed E-state index contributed by atoms with van der Waals surface area (Å²) in [6, 6.07) is 0. The van der Waals surface area contributed by atoms with Crippen LogP contribution >= 0.6 is 13.5 Å². The lowest BCUT2D eigenvalue weighted by Gasteiger charge is -2.01. The van der Waals surface area contributed by atoms with E-state index in [4.69, 9.17) is 0 Å². The van der Waals surface area contributed by atoms with Crippen LogP contribution < -0.4 is 0 Å². The monoisotopic (exact) mass is 242 g/mol. The smallest absolute Gasteiger partial charge is 0 e. The van der Waals surface area contributed by atoms with Crippen molar-refractivity contribution in [1.82, 2.24) is 0 Å². The normalized spacial score (nSPS) is 9.81. The van der Waals surface area contributed by atoms with Crippen molar-refractivity contribution in [1.29, 1.82) is 0 Å². The van der Waals surface area contributed by atoms with Crippen molar-refractivity contribution in [3.05, 3.63) is 12.7 Å². The fourth-order valence-electron chi connectivity index (χ4n) is 1.95. The zero-order chi connectivity index (χ0) is 11.2. The molecule has 0 aliphatic carbocycles. The molecule has 0 aliphatic rings. The molecule has 0 aliphatic heterocycles. The van der Waals surface area contributed by atoms with E-state index < -0.39 is 0 Å². The highest BCUT2D eigenvalue weighted by molar-refractivity contribution is 7.59. The molecular formula is C15H30S. The van der Waals surface area contributed by atoms with Crippen LogP contribution in [0, 0.1) is 0 Å². The summed E-state index contributed by atoms with van der Waals surface area (Å²) in [7, 11) is 0. The van der Waals surface area contributed by atoms with Crippen molar-refractivity contribution >= 4 is 13.5 Å². The topological polar surface area (TPSA) is 0 Å². The fourth-order valence-corrected chi connectivity index (χ4v) is 1.95. The van der Waals surface area contributed by atoms with Gasteiger partial charge in [-0.05, 0) is 12.8 Å². The summed E-state index contributed by atoms with van der Waals surface area (Å²) in [4.78, 5) is 0. The Morgan fingerprint density at radius 2 is 1.06 bits per heavy atom. The first kappa shape index (κ1) is 18.5. The van der Waals surface area contributed by atoms with Gasteiger partial charge in [0.1, 0.15) is 0 Å². The first-order chi connectivity index (χ1) is 7.41. The van der Waals surface area contributed by atoms with Gasteiger partial charge < -0.3 is 0 Å². The van der Waals surface area contributed by atoms with E-state index in [-0.39, 0.29) is 13.5 Å². The van der Waals surface area contributed by atoms with Crippen LogP contribution in [0.5, 0.6) is 0 Å². The van der Waals surface area contributed by atoms with Gasteiger partial charge in [0.25, 0.3) is 0 Å². The molecule has 0 aromatic carbocycles. The minimum absolute atomic E-state index is 0. The molecular weight excluding hydrogens is 212 g/mol. The highest BCUT2D eigenvalue weighted by atomic mass is 32.1. The first-order valence-corrected chi connectivity index (χ1v) is 7.02. The van der Waals surface area contributed by atoms with Crippen molar-refractivity contribution < 1.29 is 0 Å². The lowest BCUT2D eigenvalue weighted by Crippen LogP contribution is -1.81. The second-order valence-electron chi connectivity index (χ2n) is 4.61. The van der Waals surface area contributed by atoms with E-state index in [9.17, 15) is 0 Å². The Labute approximate surface area is 110 Å². The summed E-state index contributed by atoms with van der Waals surface area (Å²) >= 11 is 0. The second-order valence-corrected chi connectivity index (χ2v) is 4.61. The molecule has 0 spiro atoms. The van der Waals surface area contributed by atoms with Gasteiger partial charge in [-0.25, -0.2) is 0 Å². The third-order valence-corrected chi connectivity index (χ3v) is 3.01. The molecule has 0 bridgehead atoms. The van der Waals surface area contributed by atoms with Crippen molar-refractivity contribution in [3.8, 4) is 0 Å². The van der Waals surface area contributed by atoms with Gasteiger partial charge in [-0.1, -0.05) is 77.2 Å². The molecule has 0 amide bonds. The maximum absolute atomic E-state index is 3.74. The predicted molar refractivity (Wildman–Crippen MR) is 78.9 cm³/mol. The van der Waals surface area contributed by atoms with Crippen LogP contribution in [-0.2, 0) is 0 Å². The average Bonchev–Trinajstić information content (AvgIpc) is 2.26. The molecule has 0 nitrogen and oxygen atoms in total. The lowest BCUT2D eigenvalue weighted by atomic mass is 10.1. The van der Waals surface area contributed by atoms with E-state index >= 15 is 0 Å². The maximum Gasteiger partial charge on any atom is 0 e. The lowest BCUT2D eigenvalue weighted by molar-refractivity contribution is 0.550. The van der Waals surface area contributed by atoms with Gasteiger partial charge in [0.15, 0.2) is 0 Å². The molecule has 0 aromatic rings. The van der Waals surface area contributed by atoms with Crippen molar-refractivity contribution in [2.24, 2.45) is 0 Å². The molecule has 0 unspecified atom stereocenters. The van der Waals surface area contributed by atoms with Crippen molar-refractivity contribution in [2.45, 2.75) is 84.0 Å². The van der Waals surface area contributed by atoms with Gasteiger partial charge in [0, 0.05) is 13.5 Å². The van der Waals surface area contributed by atoms with E-state index in [0.717, 1.165) is 0 Å². The van der Waals surface area contributed by atoms with Gasteiger partial charge in [-0.15, -0.1) is 6.58 Å². The quantitative estimate of drug-likeness (QED) is 0.270. The minimum Gasteiger partial charge on any atom is -0.103 e. The summed E-state index contributed by atoms with van der Waals surface area (Å²) in [5.74, 6) is 0. The predicted octanol–water partition coefficient (Wildman–Crippen LogP) is 6.52. The zero-order valence-electron chi connectivity index (χ0n) is 11.2. The molecule has 0 aromatic heterocycles. The van der Waals surface area contributed by atoms with Gasteiger partial charge in [-0.2, -0.15) is 0 Å². The van der Waals surface area contributed by atoms with Crippen molar-refractivity contribution in [2.75, 3.05) is 0 Å². The van der Waals surface area contributed by atoms with E-state index in [1.165, 1.54) is 77.0 Å². The largest absolute Gasteiger partial charge is 0.103 e. The molecule has 0 fully saturated rings. The molecule has 0 saturated carbocycles. The standard InChI is InChI=1S/C15H30.S/c1-3-5-7-9-11-13-15-14-12-10-8-6-4-2;/h3H,1,4-15H2,2H3;. The SMILES string of the molecule is C=CCCCCCCCCCCCCC.[S]. The molecule has 96 valence electrons. The Morgan fingerprint density at radius 3 is 1.44 bits per heavy atom. The van der Waals surface area contributed by atoms with Crippen LogP contribution in [-0.4, -0.2) is 0 Å². The van der Waals surface area contributed by atoms with E-state index in [0.29, 0.717) is 0 Å². The van der Waals surface area contributed by atoms with E-state index in [1.54, 1.807) is 0 Å². The summed E-state index contributed by atoms with van der Waals surface area (Å²) in [6.45, 7) is 6.02. The van der Waals surface area contributed by atoms with Crippen LogP contribution in [0.3, 0.4) is 0 Å². The number of hydrogen-bond donors (Lipinski definition) is 0. The number of unbranched alkanes of at least 4 members (excludes halogenated alkanes) is 11. The van der Waals surface area contributed by atoms with E-state index in [2.05, 4.69) is 13.5 Å². The van der Waals surface area contributed by atoms with Gasteiger partial charge in [-0.3, -0.25) is 0 Å². The Hall–Kier alpha value is 0.0900. The summed E-state index contributed by atoms with van der Waals surface area (Å²) in [6.07, 6.45) is 19.0. The second kappa shape index (κ2) is 17.5. The Kier molecular flexibility index (Phi) is 20.2. The third kappa shape index (κ3) is 16.5.